The lowest BCUT2D eigenvalue weighted by molar-refractivity contribution is 0.612. The summed E-state index contributed by atoms with van der Waals surface area (Å²) in [6.07, 6.45) is 0. The molecule has 0 aromatic heterocycles. The number of benzene rings is 2. The summed E-state index contributed by atoms with van der Waals surface area (Å²) < 4.78 is 28.5. The average Bonchev–Trinajstić information content (AvgIpc) is 2.55. The van der Waals surface area contributed by atoms with Crippen LogP contribution in [0.4, 0.5) is 8.78 Å². The standard InChI is InChI=1S/C16H4F2N4/c17-15-11(7-21)1-9(5-19)3-13(15)14-4-10(6-20)2-12(8-22)16(14)18/h1-4H. The molecule has 22 heavy (non-hydrogen) atoms. The monoisotopic (exact) mass is 290 g/mol. The molecule has 0 N–H and O–H groups in total. The number of rotatable bonds is 1. The third-order valence-electron chi connectivity index (χ3n) is 2.93. The van der Waals surface area contributed by atoms with Crippen LogP contribution in [0.1, 0.15) is 22.3 Å². The van der Waals surface area contributed by atoms with E-state index in [2.05, 4.69) is 0 Å². The molecule has 102 valence electrons. The normalized spacial score (nSPS) is 9.18. The van der Waals surface area contributed by atoms with Gasteiger partial charge in [-0.1, -0.05) is 0 Å². The highest BCUT2D eigenvalue weighted by molar-refractivity contribution is 5.72. The molecule has 4 nitrogen and oxygen atoms in total. The summed E-state index contributed by atoms with van der Waals surface area (Å²) in [5, 5.41) is 35.6. The lowest BCUT2D eigenvalue weighted by Crippen LogP contribution is -1.97. The topological polar surface area (TPSA) is 95.2 Å². The third kappa shape index (κ3) is 2.34. The van der Waals surface area contributed by atoms with E-state index in [0.717, 1.165) is 24.3 Å². The number of hydrogen-bond donors (Lipinski definition) is 0. The molecular weight excluding hydrogens is 286 g/mol. The minimum atomic E-state index is -1.01. The van der Waals surface area contributed by atoms with Crippen molar-refractivity contribution < 1.29 is 8.78 Å². The summed E-state index contributed by atoms with van der Waals surface area (Å²) in [6, 6.07) is 10.9. The van der Waals surface area contributed by atoms with Crippen LogP contribution in [0, 0.1) is 57.0 Å². The Kier molecular flexibility index (Phi) is 3.81. The minimum absolute atomic E-state index is 0.0341. The first-order valence-electron chi connectivity index (χ1n) is 5.83. The Morgan fingerprint density at radius 1 is 0.591 bits per heavy atom. The van der Waals surface area contributed by atoms with E-state index < -0.39 is 22.8 Å². The molecule has 6 heteroatoms. The molecule has 2 aromatic rings. The molecule has 0 fully saturated rings. The predicted octanol–water partition coefficient (Wildman–Crippen LogP) is 3.12. The fraction of sp³-hybridized carbons (Fsp3) is 0. The van der Waals surface area contributed by atoms with Crippen molar-refractivity contribution in [3.05, 3.63) is 58.2 Å². The van der Waals surface area contributed by atoms with Crippen molar-refractivity contribution in [3.63, 3.8) is 0 Å². The quantitative estimate of drug-likeness (QED) is 0.806. The summed E-state index contributed by atoms with van der Waals surface area (Å²) in [7, 11) is 0. The van der Waals surface area contributed by atoms with Crippen LogP contribution in [0.3, 0.4) is 0 Å². The Labute approximate surface area is 124 Å². The van der Waals surface area contributed by atoms with Crippen LogP contribution in [-0.4, -0.2) is 0 Å². The van der Waals surface area contributed by atoms with Crippen molar-refractivity contribution in [2.75, 3.05) is 0 Å². The fourth-order valence-corrected chi connectivity index (χ4v) is 1.93. The van der Waals surface area contributed by atoms with Gasteiger partial charge in [-0.05, 0) is 24.3 Å². The minimum Gasteiger partial charge on any atom is -0.205 e. The first kappa shape index (κ1) is 14.7. The Bertz CT molecular complexity index is 871. The van der Waals surface area contributed by atoms with E-state index in [1.54, 1.807) is 24.3 Å². The Hall–Kier alpha value is -3.74. The van der Waals surface area contributed by atoms with Gasteiger partial charge < -0.3 is 0 Å². The first-order chi connectivity index (χ1) is 10.5. The molecule has 0 radical (unpaired) electrons. The highest BCUT2D eigenvalue weighted by Gasteiger charge is 2.19. The second-order valence-electron chi connectivity index (χ2n) is 4.22. The van der Waals surface area contributed by atoms with E-state index in [4.69, 9.17) is 21.0 Å². The fourth-order valence-electron chi connectivity index (χ4n) is 1.93. The van der Waals surface area contributed by atoms with E-state index in [-0.39, 0.29) is 22.3 Å². The summed E-state index contributed by atoms with van der Waals surface area (Å²) in [6.45, 7) is 0. The van der Waals surface area contributed by atoms with Crippen LogP contribution in [0.25, 0.3) is 11.1 Å². The molecule has 0 bridgehead atoms. The molecule has 0 spiro atoms. The van der Waals surface area contributed by atoms with Gasteiger partial charge in [-0.3, -0.25) is 0 Å². The second-order valence-corrected chi connectivity index (χ2v) is 4.22. The number of halogens is 2. The average molecular weight is 290 g/mol. The molecule has 2 aromatic carbocycles. The maximum atomic E-state index is 14.3. The number of nitrogens with zero attached hydrogens (tertiary/aromatic N) is 4. The van der Waals surface area contributed by atoms with E-state index in [9.17, 15) is 8.78 Å². The van der Waals surface area contributed by atoms with Gasteiger partial charge in [-0.15, -0.1) is 0 Å². The molecule has 0 heterocycles. The van der Waals surface area contributed by atoms with Crippen molar-refractivity contribution in [2.45, 2.75) is 0 Å². The zero-order valence-corrected chi connectivity index (χ0v) is 10.9. The van der Waals surface area contributed by atoms with Gasteiger partial charge in [-0.25, -0.2) is 8.78 Å². The summed E-state index contributed by atoms with van der Waals surface area (Å²) >= 11 is 0. The molecule has 2 rings (SSSR count). The van der Waals surface area contributed by atoms with Crippen LogP contribution >= 0.6 is 0 Å². The summed E-state index contributed by atoms with van der Waals surface area (Å²) in [5.41, 5.74) is -1.60. The third-order valence-corrected chi connectivity index (χ3v) is 2.93. The van der Waals surface area contributed by atoms with Crippen molar-refractivity contribution in [3.8, 4) is 35.4 Å². The molecule has 0 saturated carbocycles. The smallest absolute Gasteiger partial charge is 0.148 e. The van der Waals surface area contributed by atoms with Gasteiger partial charge >= 0.3 is 0 Å². The van der Waals surface area contributed by atoms with E-state index in [1.165, 1.54) is 0 Å². The zero-order chi connectivity index (χ0) is 16.3. The van der Waals surface area contributed by atoms with Crippen LogP contribution in [0.5, 0.6) is 0 Å². The van der Waals surface area contributed by atoms with Gasteiger partial charge in [0.25, 0.3) is 0 Å². The van der Waals surface area contributed by atoms with Crippen molar-refractivity contribution in [2.24, 2.45) is 0 Å². The van der Waals surface area contributed by atoms with Gasteiger partial charge in [0.05, 0.1) is 34.4 Å². The molecule has 0 aliphatic heterocycles. The van der Waals surface area contributed by atoms with Gasteiger partial charge in [0, 0.05) is 11.1 Å². The summed E-state index contributed by atoms with van der Waals surface area (Å²) in [4.78, 5) is 0. The Balaban J connectivity index is 2.90. The SMILES string of the molecule is N#Cc1cc(C#N)c(F)c(-c2cc(C#N)cc(C#N)c2F)c1. The Morgan fingerprint density at radius 3 is 1.23 bits per heavy atom. The molecule has 0 aliphatic rings. The van der Waals surface area contributed by atoms with Crippen LogP contribution in [0.15, 0.2) is 24.3 Å². The zero-order valence-electron chi connectivity index (χ0n) is 10.9. The van der Waals surface area contributed by atoms with Gasteiger partial charge in [0.1, 0.15) is 23.8 Å². The van der Waals surface area contributed by atoms with Gasteiger partial charge in [-0.2, -0.15) is 21.0 Å². The van der Waals surface area contributed by atoms with Crippen LogP contribution < -0.4 is 0 Å². The van der Waals surface area contributed by atoms with Crippen LogP contribution in [0.2, 0.25) is 0 Å². The van der Waals surface area contributed by atoms with Gasteiger partial charge in [0.2, 0.25) is 0 Å². The molecule has 0 aliphatic carbocycles. The number of nitriles is 4. The maximum absolute atomic E-state index is 14.3. The second kappa shape index (κ2) is 5.71. The molecule has 0 saturated heterocycles. The lowest BCUT2D eigenvalue weighted by atomic mass is 9.96. The highest BCUT2D eigenvalue weighted by Crippen LogP contribution is 2.31. The van der Waals surface area contributed by atoms with Crippen molar-refractivity contribution >= 4 is 0 Å². The van der Waals surface area contributed by atoms with E-state index in [1.807, 2.05) is 0 Å². The first-order valence-corrected chi connectivity index (χ1v) is 5.83. The highest BCUT2D eigenvalue weighted by atomic mass is 19.1. The predicted molar refractivity (Wildman–Crippen MR) is 70.7 cm³/mol. The summed E-state index contributed by atoms with van der Waals surface area (Å²) in [5.74, 6) is -2.03. The molecular formula is C16H4F2N4. The van der Waals surface area contributed by atoms with E-state index >= 15 is 0 Å². The van der Waals surface area contributed by atoms with Gasteiger partial charge in [0.15, 0.2) is 0 Å². The molecule has 0 unspecified atom stereocenters. The van der Waals surface area contributed by atoms with Crippen LogP contribution in [-0.2, 0) is 0 Å². The lowest BCUT2D eigenvalue weighted by Gasteiger charge is -2.08. The number of hydrogen-bond acceptors (Lipinski definition) is 4. The van der Waals surface area contributed by atoms with E-state index in [0.29, 0.717) is 0 Å². The molecule has 0 amide bonds. The Morgan fingerprint density at radius 2 is 0.955 bits per heavy atom. The van der Waals surface area contributed by atoms with Crippen molar-refractivity contribution in [1.29, 1.82) is 21.0 Å². The molecule has 0 atom stereocenters. The largest absolute Gasteiger partial charge is 0.205 e. The maximum Gasteiger partial charge on any atom is 0.148 e. The van der Waals surface area contributed by atoms with Crippen molar-refractivity contribution in [1.82, 2.24) is 0 Å².